The predicted molar refractivity (Wildman–Crippen MR) is 116 cm³/mol. The predicted octanol–water partition coefficient (Wildman–Crippen LogP) is 4.05. The lowest BCUT2D eigenvalue weighted by Crippen LogP contribution is -2.33. The summed E-state index contributed by atoms with van der Waals surface area (Å²) < 4.78 is 60.8. The first-order valence-corrected chi connectivity index (χ1v) is 11.4. The van der Waals surface area contributed by atoms with Crippen LogP contribution in [0.3, 0.4) is 0 Å². The number of hydrogen-bond acceptors (Lipinski definition) is 6. The number of sulfone groups is 1. The SMILES string of the molecule is Cc1ccc(S(=O)(=O)c2cc(CN(C)C(=O)OC(C)(C)C)nn2-c2ccc(F)cc2F)cn1. The average molecular weight is 479 g/mol. The Labute approximate surface area is 190 Å². The van der Waals surface area contributed by atoms with Crippen LogP contribution in [0.15, 0.2) is 52.5 Å². The first-order chi connectivity index (χ1) is 15.3. The lowest BCUT2D eigenvalue weighted by Gasteiger charge is -2.24. The number of hydrogen-bond donors (Lipinski definition) is 0. The Morgan fingerprint density at radius 2 is 1.85 bits per heavy atom. The zero-order chi connectivity index (χ0) is 24.6. The van der Waals surface area contributed by atoms with Crippen molar-refractivity contribution >= 4 is 15.9 Å². The first-order valence-electron chi connectivity index (χ1n) is 9.94. The van der Waals surface area contributed by atoms with E-state index >= 15 is 0 Å². The lowest BCUT2D eigenvalue weighted by molar-refractivity contribution is 0.0283. The van der Waals surface area contributed by atoms with Crippen molar-refractivity contribution in [2.45, 2.75) is 49.8 Å². The van der Waals surface area contributed by atoms with Gasteiger partial charge in [-0.1, -0.05) is 0 Å². The molecule has 0 aliphatic heterocycles. The quantitative estimate of drug-likeness (QED) is 0.549. The Hall–Kier alpha value is -3.34. The van der Waals surface area contributed by atoms with Gasteiger partial charge >= 0.3 is 6.09 Å². The van der Waals surface area contributed by atoms with Crippen molar-refractivity contribution in [2.75, 3.05) is 7.05 Å². The van der Waals surface area contributed by atoms with Gasteiger partial charge in [0, 0.05) is 31.1 Å². The number of pyridine rings is 1. The second kappa shape index (κ2) is 8.89. The van der Waals surface area contributed by atoms with Crippen LogP contribution in [0.4, 0.5) is 13.6 Å². The third kappa shape index (κ3) is 5.54. The molecule has 1 aromatic carbocycles. The summed E-state index contributed by atoms with van der Waals surface area (Å²) >= 11 is 0. The highest BCUT2D eigenvalue weighted by molar-refractivity contribution is 7.91. The van der Waals surface area contributed by atoms with Gasteiger partial charge in [0.2, 0.25) is 9.84 Å². The van der Waals surface area contributed by atoms with Gasteiger partial charge in [-0.3, -0.25) is 4.98 Å². The molecule has 3 aromatic rings. The minimum absolute atomic E-state index is 0.112. The Kier molecular flexibility index (Phi) is 6.55. The molecule has 2 heterocycles. The molecule has 0 spiro atoms. The van der Waals surface area contributed by atoms with Crippen molar-refractivity contribution in [2.24, 2.45) is 0 Å². The second-order valence-corrected chi connectivity index (χ2v) is 10.4. The molecule has 0 fully saturated rings. The Balaban J connectivity index is 2.08. The van der Waals surface area contributed by atoms with E-state index in [-0.39, 0.29) is 27.8 Å². The van der Waals surface area contributed by atoms with Crippen LogP contribution < -0.4 is 0 Å². The number of aromatic nitrogens is 3. The van der Waals surface area contributed by atoms with Crippen molar-refractivity contribution in [1.29, 1.82) is 0 Å². The smallest absolute Gasteiger partial charge is 0.410 e. The van der Waals surface area contributed by atoms with Crippen LogP contribution in [0.2, 0.25) is 0 Å². The molecule has 0 saturated carbocycles. The fourth-order valence-corrected chi connectivity index (χ4v) is 4.22. The van der Waals surface area contributed by atoms with E-state index in [2.05, 4.69) is 10.1 Å². The van der Waals surface area contributed by atoms with E-state index in [1.165, 1.54) is 36.3 Å². The molecule has 176 valence electrons. The molecule has 0 saturated heterocycles. The minimum Gasteiger partial charge on any atom is -0.444 e. The summed E-state index contributed by atoms with van der Waals surface area (Å²) in [7, 11) is -2.72. The Morgan fingerprint density at radius 1 is 1.15 bits per heavy atom. The van der Waals surface area contributed by atoms with E-state index in [9.17, 15) is 22.0 Å². The number of nitrogens with zero attached hydrogens (tertiary/aromatic N) is 4. The van der Waals surface area contributed by atoms with E-state index < -0.39 is 33.2 Å². The molecule has 0 unspecified atom stereocenters. The van der Waals surface area contributed by atoms with Gasteiger partial charge in [-0.2, -0.15) is 5.10 Å². The highest BCUT2D eigenvalue weighted by Gasteiger charge is 2.28. The minimum atomic E-state index is -4.18. The molecule has 1 amide bonds. The summed E-state index contributed by atoms with van der Waals surface area (Å²) in [6, 6.07) is 6.86. The Morgan fingerprint density at radius 3 is 2.42 bits per heavy atom. The average Bonchev–Trinajstić information content (AvgIpc) is 3.11. The molecule has 0 aliphatic carbocycles. The van der Waals surface area contributed by atoms with Crippen molar-refractivity contribution in [3.63, 3.8) is 0 Å². The molecule has 11 heteroatoms. The first kappa shape index (κ1) is 24.3. The van der Waals surface area contributed by atoms with Gasteiger partial charge in [0.15, 0.2) is 10.8 Å². The molecular weight excluding hydrogens is 454 g/mol. The number of carbonyl (C=O) groups is 1. The molecule has 3 rings (SSSR count). The van der Waals surface area contributed by atoms with Crippen molar-refractivity contribution in [3.8, 4) is 5.69 Å². The molecule has 0 aliphatic rings. The topological polar surface area (TPSA) is 94.4 Å². The van der Waals surface area contributed by atoms with E-state index in [1.54, 1.807) is 27.7 Å². The maximum Gasteiger partial charge on any atom is 0.410 e. The molecule has 0 radical (unpaired) electrons. The molecule has 33 heavy (non-hydrogen) atoms. The summed E-state index contributed by atoms with van der Waals surface area (Å²) in [6.07, 6.45) is 0.548. The zero-order valence-corrected chi connectivity index (χ0v) is 19.7. The van der Waals surface area contributed by atoms with Gasteiger partial charge in [-0.05, 0) is 52.0 Å². The van der Waals surface area contributed by atoms with Gasteiger partial charge in [-0.25, -0.2) is 26.7 Å². The fourth-order valence-electron chi connectivity index (χ4n) is 2.89. The van der Waals surface area contributed by atoms with Crippen molar-refractivity contribution in [1.82, 2.24) is 19.7 Å². The molecule has 0 atom stereocenters. The number of halogens is 2. The van der Waals surface area contributed by atoms with E-state index in [0.29, 0.717) is 11.8 Å². The number of benzene rings is 1. The van der Waals surface area contributed by atoms with Crippen LogP contribution in [0.5, 0.6) is 0 Å². The van der Waals surface area contributed by atoms with Crippen LogP contribution in [0.25, 0.3) is 5.69 Å². The fraction of sp³-hybridized carbons (Fsp3) is 0.318. The van der Waals surface area contributed by atoms with Gasteiger partial charge in [0.1, 0.15) is 17.1 Å². The van der Waals surface area contributed by atoms with Gasteiger partial charge in [0.05, 0.1) is 17.1 Å². The summed E-state index contributed by atoms with van der Waals surface area (Å²) in [4.78, 5) is 17.4. The summed E-state index contributed by atoms with van der Waals surface area (Å²) in [5.41, 5.74) is -0.215. The number of amides is 1. The normalized spacial score (nSPS) is 12.0. The number of carbonyl (C=O) groups excluding carboxylic acids is 1. The lowest BCUT2D eigenvalue weighted by atomic mass is 10.2. The third-order valence-electron chi connectivity index (χ3n) is 4.44. The summed E-state index contributed by atoms with van der Waals surface area (Å²) in [5, 5.41) is 3.85. The molecule has 0 N–H and O–H groups in total. The van der Waals surface area contributed by atoms with E-state index in [4.69, 9.17) is 4.74 Å². The Bertz CT molecular complexity index is 1280. The van der Waals surface area contributed by atoms with E-state index in [0.717, 1.165) is 16.8 Å². The standard InChI is InChI=1S/C22H24F2N4O4S/c1-14-6-8-17(12-25-14)33(30,31)20-11-16(13-27(5)21(29)32-22(2,3)4)26-28(20)19-9-7-15(23)10-18(19)24/h6-12H,13H2,1-5H3. The van der Waals surface area contributed by atoms with Crippen LogP contribution >= 0.6 is 0 Å². The van der Waals surface area contributed by atoms with Crippen LogP contribution in [-0.2, 0) is 21.1 Å². The third-order valence-corrected chi connectivity index (χ3v) is 6.14. The highest BCUT2D eigenvalue weighted by atomic mass is 32.2. The maximum atomic E-state index is 14.6. The summed E-state index contributed by atoms with van der Waals surface area (Å²) in [5.74, 6) is -1.82. The van der Waals surface area contributed by atoms with Crippen LogP contribution in [0.1, 0.15) is 32.2 Å². The van der Waals surface area contributed by atoms with Crippen LogP contribution in [-0.4, -0.2) is 46.8 Å². The van der Waals surface area contributed by atoms with Gasteiger partial charge in [-0.15, -0.1) is 0 Å². The monoisotopic (exact) mass is 478 g/mol. The summed E-state index contributed by atoms with van der Waals surface area (Å²) in [6.45, 7) is 6.74. The molecule has 2 aromatic heterocycles. The maximum absolute atomic E-state index is 14.6. The van der Waals surface area contributed by atoms with Crippen molar-refractivity contribution < 1.29 is 26.7 Å². The molecular formula is C22H24F2N4O4S. The van der Waals surface area contributed by atoms with Crippen LogP contribution in [0, 0.1) is 18.6 Å². The van der Waals surface area contributed by atoms with Gasteiger partial charge in [0.25, 0.3) is 0 Å². The zero-order valence-electron chi connectivity index (χ0n) is 18.8. The largest absolute Gasteiger partial charge is 0.444 e. The van der Waals surface area contributed by atoms with E-state index in [1.807, 2.05) is 0 Å². The number of ether oxygens (including phenoxy) is 1. The number of aryl methyl sites for hydroxylation is 1. The molecule has 0 bridgehead atoms. The second-order valence-electron chi connectivity index (χ2n) is 8.46. The van der Waals surface area contributed by atoms with Crippen molar-refractivity contribution in [3.05, 3.63) is 65.6 Å². The number of rotatable bonds is 5. The highest BCUT2D eigenvalue weighted by Crippen LogP contribution is 2.26. The van der Waals surface area contributed by atoms with Gasteiger partial charge < -0.3 is 9.64 Å². The molecule has 8 nitrogen and oxygen atoms in total.